The molecule has 9 heteroatoms. The number of allylic oxidation sites excluding steroid dienone is 4. The van der Waals surface area contributed by atoms with Crippen LogP contribution in [0, 0.1) is 17.0 Å². The van der Waals surface area contributed by atoms with Gasteiger partial charge in [-0.15, -0.1) is 0 Å². The first kappa shape index (κ1) is 28.4. The summed E-state index contributed by atoms with van der Waals surface area (Å²) in [5, 5.41) is 15.0. The molecule has 0 N–H and O–H groups in total. The van der Waals surface area contributed by atoms with Crippen molar-refractivity contribution in [2.75, 3.05) is 0 Å². The zero-order chi connectivity index (χ0) is 28.8. The molecule has 0 amide bonds. The molecule has 0 heterocycles. The van der Waals surface area contributed by atoms with E-state index >= 15 is 0 Å². The zero-order valence-corrected chi connectivity index (χ0v) is 23.0. The Morgan fingerprint density at radius 3 is 2.02 bits per heavy atom. The molecule has 202 valence electrons. The molecule has 0 atom stereocenters. The average Bonchev–Trinajstić information content (AvgIpc) is 2.94. The summed E-state index contributed by atoms with van der Waals surface area (Å²) < 4.78 is 0. The minimum absolute atomic E-state index is 0.0304. The third kappa shape index (κ3) is 6.68. The van der Waals surface area contributed by atoms with Crippen molar-refractivity contribution in [1.29, 1.82) is 0 Å². The first-order valence-electron chi connectivity index (χ1n) is 12.5. The van der Waals surface area contributed by atoms with E-state index in [-0.39, 0.29) is 30.0 Å². The van der Waals surface area contributed by atoms with Crippen molar-refractivity contribution in [2.45, 2.75) is 43.4 Å². The van der Waals surface area contributed by atoms with Crippen molar-refractivity contribution in [3.05, 3.63) is 128 Å². The second-order valence-electron chi connectivity index (χ2n) is 9.20. The molecule has 0 spiro atoms. The SMILES string of the molecule is CC(=O)O/N=C(/C(=O)c1ccc(Sc2ccc(C(=O)c3ccccc3C)cc2)cc1)C1=C(C)C=C([N+](=O)[O-])CC1. The quantitative estimate of drug-likeness (QED) is 0.0944. The Morgan fingerprint density at radius 2 is 1.48 bits per heavy atom. The molecule has 0 aliphatic heterocycles. The van der Waals surface area contributed by atoms with Crippen molar-refractivity contribution < 1.29 is 24.1 Å². The number of nitro groups is 1. The summed E-state index contributed by atoms with van der Waals surface area (Å²) >= 11 is 1.48. The van der Waals surface area contributed by atoms with E-state index in [1.165, 1.54) is 24.8 Å². The van der Waals surface area contributed by atoms with Crippen LogP contribution in [0.4, 0.5) is 0 Å². The van der Waals surface area contributed by atoms with Crippen molar-refractivity contribution in [1.82, 2.24) is 0 Å². The Balaban J connectivity index is 1.51. The van der Waals surface area contributed by atoms with Gasteiger partial charge in [-0.1, -0.05) is 41.2 Å². The maximum Gasteiger partial charge on any atom is 0.332 e. The first-order chi connectivity index (χ1) is 19.1. The van der Waals surface area contributed by atoms with Gasteiger partial charge in [0.05, 0.1) is 4.92 Å². The lowest BCUT2D eigenvalue weighted by Gasteiger charge is -2.15. The molecule has 0 bridgehead atoms. The van der Waals surface area contributed by atoms with Gasteiger partial charge >= 0.3 is 5.97 Å². The molecule has 0 saturated carbocycles. The summed E-state index contributed by atoms with van der Waals surface area (Å²) in [4.78, 5) is 54.9. The van der Waals surface area contributed by atoms with Gasteiger partial charge in [0.2, 0.25) is 11.5 Å². The maximum absolute atomic E-state index is 13.4. The fourth-order valence-corrected chi connectivity index (χ4v) is 5.07. The first-order valence-corrected chi connectivity index (χ1v) is 13.3. The largest absolute Gasteiger partial charge is 0.332 e. The summed E-state index contributed by atoms with van der Waals surface area (Å²) in [5.41, 5.74) is 3.55. The summed E-state index contributed by atoms with van der Waals surface area (Å²) in [6, 6.07) is 21.7. The van der Waals surface area contributed by atoms with Crippen LogP contribution < -0.4 is 0 Å². The number of Topliss-reactive ketones (excluding diaryl/α,β-unsaturated/α-hetero) is 1. The maximum atomic E-state index is 13.4. The van der Waals surface area contributed by atoms with E-state index in [1.54, 1.807) is 43.3 Å². The van der Waals surface area contributed by atoms with Crippen LogP contribution in [0.5, 0.6) is 0 Å². The number of oxime groups is 1. The Morgan fingerprint density at radius 1 is 0.875 bits per heavy atom. The Bertz CT molecular complexity index is 1580. The van der Waals surface area contributed by atoms with Gasteiger partial charge in [-0.2, -0.15) is 0 Å². The van der Waals surface area contributed by atoms with Crippen molar-refractivity contribution >= 4 is 35.0 Å². The topological polar surface area (TPSA) is 116 Å². The lowest BCUT2D eigenvalue weighted by molar-refractivity contribution is -0.428. The monoisotopic (exact) mass is 554 g/mol. The third-order valence-corrected chi connectivity index (χ3v) is 7.37. The summed E-state index contributed by atoms with van der Waals surface area (Å²) in [6.45, 7) is 4.75. The summed E-state index contributed by atoms with van der Waals surface area (Å²) in [7, 11) is 0. The second-order valence-corrected chi connectivity index (χ2v) is 10.3. The highest BCUT2D eigenvalue weighted by Gasteiger charge is 2.27. The Hall–Kier alpha value is -4.63. The van der Waals surface area contributed by atoms with Gasteiger partial charge in [-0.05, 0) is 85.5 Å². The number of aryl methyl sites for hydroxylation is 1. The predicted octanol–water partition coefficient (Wildman–Crippen LogP) is 6.75. The van der Waals surface area contributed by atoms with E-state index in [9.17, 15) is 24.5 Å². The van der Waals surface area contributed by atoms with Crippen molar-refractivity contribution in [2.24, 2.45) is 5.16 Å². The van der Waals surface area contributed by atoms with Gasteiger partial charge in [-0.25, -0.2) is 4.79 Å². The molecule has 0 fully saturated rings. The molecule has 1 aliphatic rings. The molecule has 1 aliphatic carbocycles. The molecule has 8 nitrogen and oxygen atoms in total. The predicted molar refractivity (Wildman–Crippen MR) is 152 cm³/mol. The Labute approximate surface area is 235 Å². The van der Waals surface area contributed by atoms with E-state index in [0.29, 0.717) is 27.8 Å². The van der Waals surface area contributed by atoms with Gasteiger partial charge in [-0.3, -0.25) is 19.7 Å². The highest BCUT2D eigenvalue weighted by atomic mass is 32.2. The average molecular weight is 555 g/mol. The van der Waals surface area contributed by atoms with Crippen LogP contribution in [0.2, 0.25) is 0 Å². The number of rotatable bonds is 9. The van der Waals surface area contributed by atoms with Gasteiger partial charge in [0.15, 0.2) is 11.5 Å². The highest BCUT2D eigenvalue weighted by Crippen LogP contribution is 2.30. The molecule has 0 radical (unpaired) electrons. The van der Waals surface area contributed by atoms with Crippen LogP contribution in [-0.4, -0.2) is 28.2 Å². The summed E-state index contributed by atoms with van der Waals surface area (Å²) in [5.74, 6) is -1.17. The minimum atomic E-state index is -0.681. The van der Waals surface area contributed by atoms with E-state index in [2.05, 4.69) is 5.16 Å². The molecular weight excluding hydrogens is 528 g/mol. The van der Waals surface area contributed by atoms with Gasteiger partial charge < -0.3 is 4.84 Å². The fourth-order valence-electron chi connectivity index (χ4n) is 4.26. The lowest BCUT2D eigenvalue weighted by Crippen LogP contribution is -2.21. The number of hydrogen-bond donors (Lipinski definition) is 0. The fraction of sp³-hybridized carbons (Fsp3) is 0.161. The van der Waals surface area contributed by atoms with E-state index in [4.69, 9.17) is 4.84 Å². The normalized spacial score (nSPS) is 13.5. The van der Waals surface area contributed by atoms with Gasteiger partial charge in [0.25, 0.3) is 0 Å². The van der Waals surface area contributed by atoms with Gasteiger partial charge in [0.1, 0.15) is 0 Å². The molecule has 0 saturated heterocycles. The number of ketones is 2. The lowest BCUT2D eigenvalue weighted by atomic mass is 9.89. The Kier molecular flexibility index (Phi) is 8.86. The molecular formula is C31H26N2O6S. The summed E-state index contributed by atoms with van der Waals surface area (Å²) in [6.07, 6.45) is 1.77. The van der Waals surface area contributed by atoms with E-state index in [0.717, 1.165) is 15.4 Å². The van der Waals surface area contributed by atoms with Crippen molar-refractivity contribution in [3.8, 4) is 0 Å². The van der Waals surface area contributed by atoms with Crippen LogP contribution in [0.3, 0.4) is 0 Å². The number of nitrogens with zero attached hydrogens (tertiary/aromatic N) is 2. The molecule has 0 unspecified atom stereocenters. The van der Waals surface area contributed by atoms with Crippen LogP contribution in [0.15, 0.2) is 111 Å². The van der Waals surface area contributed by atoms with Gasteiger partial charge in [0, 0.05) is 45.9 Å². The van der Waals surface area contributed by atoms with Crippen LogP contribution in [-0.2, 0) is 9.63 Å². The standard InChI is InChI=1S/C31H26N2O6S/c1-19-6-4-5-7-28(19)30(35)22-8-13-25(14-9-22)40-26-15-10-23(11-16-26)31(36)29(32-39-21(3)34)27-17-12-24(33(37)38)18-20(27)2/h4-11,13-16,18H,12,17H2,1-3H3/b32-29+. The molecule has 3 aromatic rings. The molecule has 0 aromatic heterocycles. The van der Waals surface area contributed by atoms with Crippen molar-refractivity contribution in [3.63, 3.8) is 0 Å². The number of hydrogen-bond acceptors (Lipinski definition) is 8. The van der Waals surface area contributed by atoms with Crippen LogP contribution >= 0.6 is 11.8 Å². The third-order valence-electron chi connectivity index (χ3n) is 6.35. The second kappa shape index (κ2) is 12.5. The molecule has 40 heavy (non-hydrogen) atoms. The van der Waals surface area contributed by atoms with E-state index < -0.39 is 16.7 Å². The van der Waals surface area contributed by atoms with Crippen LogP contribution in [0.1, 0.15) is 58.5 Å². The highest BCUT2D eigenvalue weighted by molar-refractivity contribution is 7.99. The van der Waals surface area contributed by atoms with E-state index in [1.807, 2.05) is 43.3 Å². The molecule has 4 rings (SSSR count). The minimum Gasteiger partial charge on any atom is -0.318 e. The number of carbonyl (C=O) groups is 3. The smallest absolute Gasteiger partial charge is 0.318 e. The number of carbonyl (C=O) groups excluding carboxylic acids is 3. The zero-order valence-electron chi connectivity index (χ0n) is 22.2. The molecule has 3 aromatic carbocycles. The van der Waals surface area contributed by atoms with Crippen LogP contribution in [0.25, 0.3) is 0 Å². The number of benzene rings is 3.